The maximum Gasteiger partial charge on any atom is 0.0489 e. The molecule has 0 saturated carbocycles. The van der Waals surface area contributed by atoms with Crippen LogP contribution in [0, 0.1) is 0 Å². The lowest BCUT2D eigenvalue weighted by Gasteiger charge is -2.26. The van der Waals surface area contributed by atoms with Gasteiger partial charge in [-0.3, -0.25) is 9.58 Å². The highest BCUT2D eigenvalue weighted by atomic mass is 15.3. The summed E-state index contributed by atoms with van der Waals surface area (Å²) < 4.78 is 2.04. The Morgan fingerprint density at radius 3 is 2.72 bits per heavy atom. The molecule has 25 heavy (non-hydrogen) atoms. The zero-order valence-electron chi connectivity index (χ0n) is 14.8. The van der Waals surface area contributed by atoms with Crippen LogP contribution in [-0.2, 0) is 6.54 Å². The average molecular weight is 333 g/mol. The van der Waals surface area contributed by atoms with E-state index in [4.69, 9.17) is 0 Å². The first-order valence-corrected chi connectivity index (χ1v) is 9.61. The Morgan fingerprint density at radius 2 is 1.80 bits per heavy atom. The van der Waals surface area contributed by atoms with Gasteiger partial charge in [0.15, 0.2) is 0 Å². The second-order valence-electron chi connectivity index (χ2n) is 7.09. The number of aryl methyl sites for hydroxylation is 1. The first-order valence-electron chi connectivity index (χ1n) is 9.61. The lowest BCUT2D eigenvalue weighted by molar-refractivity contribution is 0.251. The largest absolute Gasteiger partial charge is 0.296 e. The molecule has 0 spiro atoms. The molecule has 1 aromatic heterocycles. The van der Waals surface area contributed by atoms with Gasteiger partial charge < -0.3 is 0 Å². The predicted octanol–water partition coefficient (Wildman–Crippen LogP) is 5.04. The molecule has 4 rings (SSSR count). The third-order valence-corrected chi connectivity index (χ3v) is 5.44. The number of aromatic nitrogens is 2. The van der Waals surface area contributed by atoms with Gasteiger partial charge in [-0.2, -0.15) is 5.10 Å². The molecule has 2 heterocycles. The summed E-state index contributed by atoms with van der Waals surface area (Å²) in [6, 6.07) is 18.2. The van der Waals surface area contributed by atoms with Crippen molar-refractivity contribution in [3.8, 4) is 0 Å². The van der Waals surface area contributed by atoms with E-state index >= 15 is 0 Å². The van der Waals surface area contributed by atoms with Crippen molar-refractivity contribution in [1.29, 1.82) is 0 Å². The van der Waals surface area contributed by atoms with Crippen LogP contribution in [-0.4, -0.2) is 27.8 Å². The van der Waals surface area contributed by atoms with Crippen LogP contribution in [0.4, 0.5) is 0 Å². The van der Waals surface area contributed by atoms with E-state index < -0.39 is 0 Å². The summed E-state index contributed by atoms with van der Waals surface area (Å²) in [6.45, 7) is 3.50. The first-order chi connectivity index (χ1) is 12.4. The zero-order valence-corrected chi connectivity index (χ0v) is 14.8. The Balaban J connectivity index is 1.35. The lowest BCUT2D eigenvalue weighted by atomic mass is 9.97. The van der Waals surface area contributed by atoms with E-state index in [2.05, 4.69) is 58.7 Å². The van der Waals surface area contributed by atoms with E-state index in [1.165, 1.54) is 61.5 Å². The third kappa shape index (κ3) is 3.77. The zero-order chi connectivity index (χ0) is 16.9. The minimum atomic E-state index is 0.595. The van der Waals surface area contributed by atoms with Crippen molar-refractivity contribution in [3.63, 3.8) is 0 Å². The molecule has 1 fully saturated rings. The van der Waals surface area contributed by atoms with Crippen LogP contribution in [0.15, 0.2) is 60.9 Å². The van der Waals surface area contributed by atoms with Gasteiger partial charge in [0.2, 0.25) is 0 Å². The van der Waals surface area contributed by atoms with Crippen LogP contribution >= 0.6 is 0 Å². The molecule has 0 N–H and O–H groups in total. The van der Waals surface area contributed by atoms with Crippen LogP contribution in [0.2, 0.25) is 0 Å². The van der Waals surface area contributed by atoms with Crippen molar-refractivity contribution in [3.05, 3.63) is 66.5 Å². The normalized spacial score (nSPS) is 18.2. The summed E-state index contributed by atoms with van der Waals surface area (Å²) in [7, 11) is 0. The van der Waals surface area contributed by atoms with Gasteiger partial charge in [0.1, 0.15) is 0 Å². The summed E-state index contributed by atoms with van der Waals surface area (Å²) >= 11 is 0. The molecule has 1 unspecified atom stereocenters. The number of benzene rings is 2. The standard InChI is InChI=1S/C22H27N3/c1(5-17-25-18-8-14-23-25)4-15-24-16-7-13-22(24)21-12-6-10-19-9-2-3-11-20(19)21/h2-3,6,8-12,14,18,22H,1,4-5,7,13,15-17H2. The van der Waals surface area contributed by atoms with Crippen LogP contribution in [0.25, 0.3) is 10.8 Å². The van der Waals surface area contributed by atoms with E-state index in [-0.39, 0.29) is 0 Å². The van der Waals surface area contributed by atoms with Gasteiger partial charge in [0.05, 0.1) is 0 Å². The fourth-order valence-electron chi connectivity index (χ4n) is 4.19. The monoisotopic (exact) mass is 333 g/mol. The molecule has 1 atom stereocenters. The molecule has 0 amide bonds. The quantitative estimate of drug-likeness (QED) is 0.565. The Labute approximate surface area is 150 Å². The predicted molar refractivity (Wildman–Crippen MR) is 104 cm³/mol. The third-order valence-electron chi connectivity index (χ3n) is 5.44. The van der Waals surface area contributed by atoms with Gasteiger partial charge in [-0.1, -0.05) is 48.9 Å². The van der Waals surface area contributed by atoms with Gasteiger partial charge >= 0.3 is 0 Å². The minimum Gasteiger partial charge on any atom is -0.296 e. The van der Waals surface area contributed by atoms with Crippen molar-refractivity contribution in [1.82, 2.24) is 14.7 Å². The van der Waals surface area contributed by atoms with E-state index in [0.29, 0.717) is 6.04 Å². The summed E-state index contributed by atoms with van der Waals surface area (Å²) in [5.41, 5.74) is 1.52. The lowest BCUT2D eigenvalue weighted by Crippen LogP contribution is -2.24. The summed E-state index contributed by atoms with van der Waals surface area (Å²) in [4.78, 5) is 2.70. The van der Waals surface area contributed by atoms with Crippen LogP contribution < -0.4 is 0 Å². The molecule has 130 valence electrons. The molecule has 1 aliphatic heterocycles. The minimum absolute atomic E-state index is 0.595. The maximum atomic E-state index is 4.28. The van der Waals surface area contributed by atoms with Crippen molar-refractivity contribution in [2.45, 2.75) is 44.7 Å². The van der Waals surface area contributed by atoms with Crippen LogP contribution in [0.5, 0.6) is 0 Å². The van der Waals surface area contributed by atoms with E-state index in [0.717, 1.165) is 6.54 Å². The number of rotatable bonds is 7. The number of unbranched alkanes of at least 4 members (excludes halogenated alkanes) is 2. The van der Waals surface area contributed by atoms with Gasteiger partial charge in [0, 0.05) is 25.0 Å². The number of hydrogen-bond acceptors (Lipinski definition) is 2. The Kier molecular flexibility index (Phi) is 5.12. The second kappa shape index (κ2) is 7.83. The first kappa shape index (κ1) is 16.3. The molecule has 1 saturated heterocycles. The topological polar surface area (TPSA) is 21.1 Å². The maximum absolute atomic E-state index is 4.28. The molecule has 0 aliphatic carbocycles. The van der Waals surface area contributed by atoms with Crippen LogP contribution in [0.1, 0.15) is 43.7 Å². The number of fused-ring (bicyclic) bond motifs is 1. The van der Waals surface area contributed by atoms with E-state index in [1.54, 1.807) is 0 Å². The number of nitrogens with zero attached hydrogens (tertiary/aromatic N) is 3. The summed E-state index contributed by atoms with van der Waals surface area (Å²) in [5.74, 6) is 0. The van der Waals surface area contributed by atoms with Crippen molar-refractivity contribution in [2.75, 3.05) is 13.1 Å². The fourth-order valence-corrected chi connectivity index (χ4v) is 4.19. The number of likely N-dealkylation sites (tertiary alicyclic amines) is 1. The molecule has 2 aromatic carbocycles. The highest BCUT2D eigenvalue weighted by Crippen LogP contribution is 2.35. The Morgan fingerprint density at radius 1 is 0.920 bits per heavy atom. The molecule has 0 radical (unpaired) electrons. The van der Waals surface area contributed by atoms with Gasteiger partial charge in [0.25, 0.3) is 0 Å². The number of hydrogen-bond donors (Lipinski definition) is 0. The van der Waals surface area contributed by atoms with Crippen molar-refractivity contribution >= 4 is 10.8 Å². The fraction of sp³-hybridized carbons (Fsp3) is 0.409. The molecular weight excluding hydrogens is 306 g/mol. The van der Waals surface area contributed by atoms with Gasteiger partial charge in [-0.15, -0.1) is 0 Å². The average Bonchev–Trinajstić information content (AvgIpc) is 3.33. The molecular formula is C22H27N3. The highest BCUT2D eigenvalue weighted by molar-refractivity contribution is 5.86. The van der Waals surface area contributed by atoms with Gasteiger partial charge in [-0.05, 0) is 61.2 Å². The SMILES string of the molecule is c1ccc2c(C3CCCN3CCCCCn3cccn3)cccc2c1. The second-order valence-corrected chi connectivity index (χ2v) is 7.09. The molecule has 3 aromatic rings. The van der Waals surface area contributed by atoms with Crippen molar-refractivity contribution < 1.29 is 0 Å². The summed E-state index contributed by atoms with van der Waals surface area (Å²) in [5, 5.41) is 7.08. The van der Waals surface area contributed by atoms with E-state index in [9.17, 15) is 0 Å². The Bertz CT molecular complexity index is 789. The molecule has 0 bridgehead atoms. The highest BCUT2D eigenvalue weighted by Gasteiger charge is 2.26. The Hall–Kier alpha value is -2.13. The van der Waals surface area contributed by atoms with Crippen molar-refractivity contribution in [2.24, 2.45) is 0 Å². The van der Waals surface area contributed by atoms with Crippen LogP contribution in [0.3, 0.4) is 0 Å². The van der Waals surface area contributed by atoms with Gasteiger partial charge in [-0.25, -0.2) is 0 Å². The molecule has 3 heteroatoms. The smallest absolute Gasteiger partial charge is 0.0489 e. The summed E-state index contributed by atoms with van der Waals surface area (Å²) in [6.07, 6.45) is 10.3. The van der Waals surface area contributed by atoms with E-state index in [1.807, 2.05) is 16.9 Å². The molecule has 1 aliphatic rings. The molecule has 3 nitrogen and oxygen atoms in total.